The van der Waals surface area contributed by atoms with Crippen LogP contribution in [0.3, 0.4) is 0 Å². The molecular weight excluding hydrogens is 194 g/mol. The molecule has 0 atom stereocenters. The Hall–Kier alpha value is -1.57. The summed E-state index contributed by atoms with van der Waals surface area (Å²) in [4.78, 5) is 0. The zero-order valence-electron chi connectivity index (χ0n) is 8.82. The fraction of sp³-hybridized carbons (Fsp3) is 0.364. The van der Waals surface area contributed by atoms with Gasteiger partial charge < -0.3 is 14.2 Å². The van der Waals surface area contributed by atoms with E-state index in [-0.39, 0.29) is 6.79 Å². The predicted molar refractivity (Wildman–Crippen MR) is 54.4 cm³/mol. The molecule has 0 saturated heterocycles. The summed E-state index contributed by atoms with van der Waals surface area (Å²) in [5.74, 6) is 0.713. The van der Waals surface area contributed by atoms with Gasteiger partial charge in [0.15, 0.2) is 0 Å². The SMILES string of the molecule is COCOCc1cc(OC)ccc1C#N. The summed E-state index contributed by atoms with van der Waals surface area (Å²) in [7, 11) is 3.14. The van der Waals surface area contributed by atoms with Crippen LogP contribution in [0, 0.1) is 11.3 Å². The maximum absolute atomic E-state index is 8.86. The van der Waals surface area contributed by atoms with Gasteiger partial charge >= 0.3 is 0 Å². The lowest BCUT2D eigenvalue weighted by atomic mass is 10.1. The van der Waals surface area contributed by atoms with E-state index in [1.807, 2.05) is 0 Å². The molecule has 0 radical (unpaired) electrons. The number of nitriles is 1. The second-order valence-corrected chi connectivity index (χ2v) is 2.89. The van der Waals surface area contributed by atoms with Crippen molar-refractivity contribution in [2.24, 2.45) is 0 Å². The molecule has 0 bridgehead atoms. The molecular formula is C11H13NO3. The smallest absolute Gasteiger partial charge is 0.146 e. The van der Waals surface area contributed by atoms with Crippen LogP contribution in [0.25, 0.3) is 0 Å². The standard InChI is InChI=1S/C11H13NO3/c1-13-8-15-7-10-5-11(14-2)4-3-9(10)6-12/h3-5H,7-8H2,1-2H3. The van der Waals surface area contributed by atoms with Crippen molar-refractivity contribution in [2.75, 3.05) is 21.0 Å². The van der Waals surface area contributed by atoms with Gasteiger partial charge in [-0.1, -0.05) is 0 Å². The highest BCUT2D eigenvalue weighted by molar-refractivity contribution is 5.42. The summed E-state index contributed by atoms with van der Waals surface area (Å²) >= 11 is 0. The first kappa shape index (κ1) is 11.5. The zero-order valence-corrected chi connectivity index (χ0v) is 8.82. The predicted octanol–water partition coefficient (Wildman–Crippen LogP) is 1.69. The zero-order chi connectivity index (χ0) is 11.1. The second kappa shape index (κ2) is 6.02. The molecule has 0 aromatic heterocycles. The number of rotatable bonds is 5. The molecule has 1 rings (SSSR count). The molecule has 0 unspecified atom stereocenters. The maximum atomic E-state index is 8.86. The van der Waals surface area contributed by atoms with Crippen molar-refractivity contribution in [2.45, 2.75) is 6.61 Å². The summed E-state index contributed by atoms with van der Waals surface area (Å²) in [5, 5.41) is 8.86. The van der Waals surface area contributed by atoms with E-state index < -0.39 is 0 Å². The Kier molecular flexibility index (Phi) is 4.61. The lowest BCUT2D eigenvalue weighted by molar-refractivity contribution is -0.0391. The van der Waals surface area contributed by atoms with Gasteiger partial charge in [0.1, 0.15) is 12.5 Å². The second-order valence-electron chi connectivity index (χ2n) is 2.89. The van der Waals surface area contributed by atoms with Crippen LogP contribution < -0.4 is 4.74 Å². The highest BCUT2D eigenvalue weighted by atomic mass is 16.7. The quantitative estimate of drug-likeness (QED) is 0.544. The van der Waals surface area contributed by atoms with Crippen LogP contribution in [-0.4, -0.2) is 21.0 Å². The van der Waals surface area contributed by atoms with Crippen LogP contribution in [-0.2, 0) is 16.1 Å². The van der Waals surface area contributed by atoms with Crippen molar-refractivity contribution >= 4 is 0 Å². The van der Waals surface area contributed by atoms with Gasteiger partial charge in [0.05, 0.1) is 25.3 Å². The number of benzene rings is 1. The molecule has 0 fully saturated rings. The normalized spacial score (nSPS) is 9.67. The maximum Gasteiger partial charge on any atom is 0.146 e. The highest BCUT2D eigenvalue weighted by Gasteiger charge is 2.03. The van der Waals surface area contributed by atoms with E-state index in [4.69, 9.17) is 19.5 Å². The van der Waals surface area contributed by atoms with Crippen LogP contribution in [0.15, 0.2) is 18.2 Å². The summed E-state index contributed by atoms with van der Waals surface area (Å²) in [6.45, 7) is 0.552. The minimum atomic E-state index is 0.210. The van der Waals surface area contributed by atoms with Gasteiger partial charge in [-0.2, -0.15) is 5.26 Å². The Balaban J connectivity index is 2.78. The van der Waals surface area contributed by atoms with Crippen LogP contribution >= 0.6 is 0 Å². The Morgan fingerprint density at radius 3 is 2.73 bits per heavy atom. The fourth-order valence-electron chi connectivity index (χ4n) is 1.16. The first-order valence-corrected chi connectivity index (χ1v) is 4.45. The number of nitrogens with zero attached hydrogens (tertiary/aromatic N) is 1. The molecule has 80 valence electrons. The highest BCUT2D eigenvalue weighted by Crippen LogP contribution is 2.17. The molecule has 0 saturated carbocycles. The van der Waals surface area contributed by atoms with Gasteiger partial charge in [-0.15, -0.1) is 0 Å². The monoisotopic (exact) mass is 207 g/mol. The number of hydrogen-bond donors (Lipinski definition) is 0. The molecule has 0 aliphatic heterocycles. The van der Waals surface area contributed by atoms with E-state index in [0.717, 1.165) is 5.56 Å². The van der Waals surface area contributed by atoms with Crippen molar-refractivity contribution in [3.8, 4) is 11.8 Å². The Morgan fingerprint density at radius 2 is 2.13 bits per heavy atom. The molecule has 4 heteroatoms. The van der Waals surface area contributed by atoms with Crippen LogP contribution in [0.1, 0.15) is 11.1 Å². The lowest BCUT2D eigenvalue weighted by Crippen LogP contribution is -1.99. The summed E-state index contributed by atoms with van der Waals surface area (Å²) < 4.78 is 15.0. The van der Waals surface area contributed by atoms with E-state index >= 15 is 0 Å². The minimum absolute atomic E-state index is 0.210. The largest absolute Gasteiger partial charge is 0.497 e. The Morgan fingerprint density at radius 1 is 1.33 bits per heavy atom. The minimum Gasteiger partial charge on any atom is -0.497 e. The van der Waals surface area contributed by atoms with Gasteiger partial charge in [0, 0.05) is 7.11 Å². The lowest BCUT2D eigenvalue weighted by Gasteiger charge is -2.07. The summed E-state index contributed by atoms with van der Waals surface area (Å²) in [6, 6.07) is 7.34. The number of hydrogen-bond acceptors (Lipinski definition) is 4. The average molecular weight is 207 g/mol. The van der Waals surface area contributed by atoms with Crippen molar-refractivity contribution in [1.82, 2.24) is 0 Å². The van der Waals surface area contributed by atoms with E-state index in [1.54, 1.807) is 32.4 Å². The molecule has 15 heavy (non-hydrogen) atoms. The van der Waals surface area contributed by atoms with Gasteiger partial charge in [0.2, 0.25) is 0 Å². The molecule has 1 aromatic rings. The van der Waals surface area contributed by atoms with Crippen molar-refractivity contribution in [3.63, 3.8) is 0 Å². The Labute approximate surface area is 89.0 Å². The van der Waals surface area contributed by atoms with Gasteiger partial charge in [-0.25, -0.2) is 0 Å². The topological polar surface area (TPSA) is 51.5 Å². The van der Waals surface area contributed by atoms with Crippen molar-refractivity contribution in [3.05, 3.63) is 29.3 Å². The molecule has 4 nitrogen and oxygen atoms in total. The van der Waals surface area contributed by atoms with Crippen LogP contribution in [0.2, 0.25) is 0 Å². The summed E-state index contributed by atoms with van der Waals surface area (Å²) in [6.07, 6.45) is 0. The third kappa shape index (κ3) is 3.24. The average Bonchev–Trinajstić information content (AvgIpc) is 2.29. The van der Waals surface area contributed by atoms with E-state index in [9.17, 15) is 0 Å². The van der Waals surface area contributed by atoms with Gasteiger partial charge in [-0.3, -0.25) is 0 Å². The molecule has 0 aliphatic carbocycles. The van der Waals surface area contributed by atoms with Crippen molar-refractivity contribution in [1.29, 1.82) is 5.26 Å². The number of methoxy groups -OCH3 is 2. The summed E-state index contributed by atoms with van der Waals surface area (Å²) in [5.41, 5.74) is 1.39. The van der Waals surface area contributed by atoms with Gasteiger partial charge in [-0.05, 0) is 23.8 Å². The van der Waals surface area contributed by atoms with Crippen molar-refractivity contribution < 1.29 is 14.2 Å². The molecule has 0 amide bonds. The molecule has 1 aromatic carbocycles. The van der Waals surface area contributed by atoms with E-state index in [0.29, 0.717) is 17.9 Å². The third-order valence-corrected chi connectivity index (χ3v) is 1.89. The third-order valence-electron chi connectivity index (χ3n) is 1.89. The van der Waals surface area contributed by atoms with E-state index in [1.165, 1.54) is 0 Å². The first-order valence-electron chi connectivity index (χ1n) is 4.45. The molecule has 0 spiro atoms. The van der Waals surface area contributed by atoms with E-state index in [2.05, 4.69) is 6.07 Å². The molecule has 0 N–H and O–H groups in total. The molecule has 0 aliphatic rings. The first-order chi connectivity index (χ1) is 7.31. The van der Waals surface area contributed by atoms with Crippen LogP contribution in [0.5, 0.6) is 5.75 Å². The Bertz CT molecular complexity index is 357. The number of ether oxygens (including phenoxy) is 3. The van der Waals surface area contributed by atoms with Gasteiger partial charge in [0.25, 0.3) is 0 Å². The van der Waals surface area contributed by atoms with Crippen LogP contribution in [0.4, 0.5) is 0 Å². The molecule has 0 heterocycles. The fourth-order valence-corrected chi connectivity index (χ4v) is 1.16.